The number of esters is 1. The van der Waals surface area contributed by atoms with Crippen molar-refractivity contribution in [2.45, 2.75) is 13.0 Å². The molecule has 0 aromatic heterocycles. The van der Waals surface area contributed by atoms with Crippen LogP contribution in [0.5, 0.6) is 11.5 Å². The highest BCUT2D eigenvalue weighted by molar-refractivity contribution is 6.02. The first kappa shape index (κ1) is 19.8. The predicted octanol–water partition coefficient (Wildman–Crippen LogP) is 3.18. The van der Waals surface area contributed by atoms with Crippen LogP contribution < -0.4 is 9.47 Å². The summed E-state index contributed by atoms with van der Waals surface area (Å²) < 4.78 is 28.0. The Morgan fingerprint density at radius 1 is 1.07 bits per heavy atom. The smallest absolute Gasteiger partial charge is 0.346 e. The van der Waals surface area contributed by atoms with Crippen molar-refractivity contribution >= 4 is 17.4 Å². The van der Waals surface area contributed by atoms with Gasteiger partial charge in [-0.2, -0.15) is 0 Å². The molecule has 1 atom stereocenters. The summed E-state index contributed by atoms with van der Waals surface area (Å²) in [5.74, 6) is -2.02. The fourth-order valence-corrected chi connectivity index (χ4v) is 2.31. The van der Waals surface area contributed by atoms with E-state index in [1.54, 1.807) is 0 Å². The fraction of sp³-hybridized carbons (Fsp3) is 0.222. The maximum absolute atomic E-state index is 13.0. The number of ketones is 1. The van der Waals surface area contributed by atoms with Crippen LogP contribution in [-0.4, -0.2) is 37.0 Å². The Labute approximate surface area is 153 Å². The third-order valence-electron chi connectivity index (χ3n) is 3.70. The van der Waals surface area contributed by atoms with E-state index in [-0.39, 0.29) is 17.1 Å². The molecule has 9 heteroatoms. The lowest BCUT2D eigenvalue weighted by Gasteiger charge is -2.14. The average molecular weight is 377 g/mol. The topological polar surface area (TPSA) is 105 Å². The Bertz CT molecular complexity index is 880. The predicted molar refractivity (Wildman–Crippen MR) is 91.8 cm³/mol. The van der Waals surface area contributed by atoms with Gasteiger partial charge in [0.25, 0.3) is 5.69 Å². The van der Waals surface area contributed by atoms with Crippen molar-refractivity contribution in [1.82, 2.24) is 0 Å². The molecule has 0 radical (unpaired) electrons. The molecule has 0 spiro atoms. The minimum Gasteiger partial charge on any atom is -0.493 e. The molecule has 0 fully saturated rings. The lowest BCUT2D eigenvalue weighted by molar-refractivity contribution is -0.385. The van der Waals surface area contributed by atoms with E-state index in [4.69, 9.17) is 14.2 Å². The molecule has 2 rings (SSSR count). The van der Waals surface area contributed by atoms with Crippen LogP contribution in [0.4, 0.5) is 10.1 Å². The van der Waals surface area contributed by atoms with Crippen LogP contribution in [0, 0.1) is 15.9 Å². The van der Waals surface area contributed by atoms with E-state index < -0.39 is 39.8 Å². The molecule has 2 aromatic carbocycles. The number of nitrogens with zero attached hydrogens (tertiary/aromatic N) is 1. The third-order valence-corrected chi connectivity index (χ3v) is 3.70. The summed E-state index contributed by atoms with van der Waals surface area (Å²) in [6.45, 7) is 1.32. The third kappa shape index (κ3) is 4.38. The van der Waals surface area contributed by atoms with Crippen LogP contribution in [0.25, 0.3) is 0 Å². The number of carbonyl (C=O) groups is 2. The van der Waals surface area contributed by atoms with Crippen molar-refractivity contribution in [2.75, 3.05) is 14.2 Å². The molecular weight excluding hydrogens is 361 g/mol. The van der Waals surface area contributed by atoms with Gasteiger partial charge in [-0.25, -0.2) is 9.18 Å². The second kappa shape index (κ2) is 8.26. The summed E-state index contributed by atoms with van der Waals surface area (Å²) in [5, 5.41) is 11.3. The molecule has 0 N–H and O–H groups in total. The summed E-state index contributed by atoms with van der Waals surface area (Å²) in [7, 11) is 2.60. The van der Waals surface area contributed by atoms with Crippen molar-refractivity contribution in [2.24, 2.45) is 0 Å². The summed E-state index contributed by atoms with van der Waals surface area (Å²) in [6, 6.07) is 6.83. The Morgan fingerprint density at radius 2 is 1.63 bits per heavy atom. The molecule has 0 aliphatic rings. The second-order valence-corrected chi connectivity index (χ2v) is 5.40. The molecule has 2 aromatic rings. The first-order valence-corrected chi connectivity index (χ1v) is 7.69. The van der Waals surface area contributed by atoms with Gasteiger partial charge in [-0.3, -0.25) is 14.9 Å². The van der Waals surface area contributed by atoms with Gasteiger partial charge in [0.2, 0.25) is 5.78 Å². The Hall–Kier alpha value is -3.49. The molecule has 0 bridgehead atoms. The zero-order valence-electron chi connectivity index (χ0n) is 14.7. The first-order valence-electron chi connectivity index (χ1n) is 7.69. The maximum Gasteiger partial charge on any atom is 0.346 e. The van der Waals surface area contributed by atoms with Crippen LogP contribution in [0.15, 0.2) is 36.4 Å². The highest BCUT2D eigenvalue weighted by Gasteiger charge is 2.28. The molecule has 0 saturated heterocycles. The van der Waals surface area contributed by atoms with E-state index >= 15 is 0 Å². The SMILES string of the molecule is COc1cc(C(=O)O[C@H](C)C(=O)c2ccc(F)cc2)c([N+](=O)[O-])cc1OC. The number of Topliss-reactive ketones (excluding diaryl/α,β-unsaturated/α-hetero) is 1. The van der Waals surface area contributed by atoms with E-state index in [0.717, 1.165) is 24.3 Å². The molecule has 0 amide bonds. The van der Waals surface area contributed by atoms with Crippen LogP contribution in [0.2, 0.25) is 0 Å². The minimum absolute atomic E-state index is 0.0659. The van der Waals surface area contributed by atoms with Gasteiger partial charge in [0.1, 0.15) is 11.4 Å². The normalized spacial score (nSPS) is 11.4. The van der Waals surface area contributed by atoms with Crippen molar-refractivity contribution in [3.05, 3.63) is 63.5 Å². The van der Waals surface area contributed by atoms with Crippen LogP contribution in [0.1, 0.15) is 27.6 Å². The summed E-state index contributed by atoms with van der Waals surface area (Å²) in [5.41, 5.74) is -0.811. The molecule has 0 saturated carbocycles. The largest absolute Gasteiger partial charge is 0.493 e. The van der Waals surface area contributed by atoms with Gasteiger partial charge in [0.15, 0.2) is 17.6 Å². The number of ether oxygens (including phenoxy) is 3. The number of carbonyl (C=O) groups excluding carboxylic acids is 2. The zero-order valence-corrected chi connectivity index (χ0v) is 14.7. The molecule has 0 aliphatic carbocycles. The number of hydrogen-bond donors (Lipinski definition) is 0. The van der Waals surface area contributed by atoms with E-state index in [2.05, 4.69) is 0 Å². The van der Waals surface area contributed by atoms with E-state index in [1.807, 2.05) is 0 Å². The standard InChI is InChI=1S/C18H16FNO7/c1-10(17(21)11-4-6-12(19)7-5-11)27-18(22)13-8-15(25-2)16(26-3)9-14(13)20(23)24/h4-10H,1-3H3/t10-/m1/s1. The van der Waals surface area contributed by atoms with Crippen molar-refractivity contribution < 1.29 is 33.1 Å². The number of methoxy groups -OCH3 is 2. The van der Waals surface area contributed by atoms with E-state index in [0.29, 0.717) is 0 Å². The minimum atomic E-state index is -1.24. The van der Waals surface area contributed by atoms with Crippen molar-refractivity contribution in [3.8, 4) is 11.5 Å². The summed E-state index contributed by atoms with van der Waals surface area (Å²) in [6.07, 6.45) is -1.24. The van der Waals surface area contributed by atoms with Gasteiger partial charge in [-0.1, -0.05) is 0 Å². The Kier molecular flexibility index (Phi) is 6.07. The van der Waals surface area contributed by atoms with E-state index in [1.165, 1.54) is 33.3 Å². The highest BCUT2D eigenvalue weighted by Crippen LogP contribution is 2.35. The molecule has 27 heavy (non-hydrogen) atoms. The van der Waals surface area contributed by atoms with Gasteiger partial charge < -0.3 is 14.2 Å². The number of rotatable bonds is 7. The number of halogens is 1. The maximum atomic E-state index is 13.0. The lowest BCUT2D eigenvalue weighted by Crippen LogP contribution is -2.25. The van der Waals surface area contributed by atoms with Gasteiger partial charge in [-0.05, 0) is 31.2 Å². The second-order valence-electron chi connectivity index (χ2n) is 5.40. The molecule has 8 nitrogen and oxygen atoms in total. The summed E-state index contributed by atoms with van der Waals surface area (Å²) in [4.78, 5) is 35.2. The van der Waals surface area contributed by atoms with E-state index in [9.17, 15) is 24.1 Å². The van der Waals surface area contributed by atoms with Crippen LogP contribution in [0.3, 0.4) is 0 Å². The van der Waals surface area contributed by atoms with Crippen LogP contribution in [-0.2, 0) is 4.74 Å². The van der Waals surface area contributed by atoms with Gasteiger partial charge in [0.05, 0.1) is 25.2 Å². The van der Waals surface area contributed by atoms with Gasteiger partial charge in [0, 0.05) is 11.6 Å². The molecule has 0 aliphatic heterocycles. The van der Waals surface area contributed by atoms with Crippen molar-refractivity contribution in [1.29, 1.82) is 0 Å². The highest BCUT2D eigenvalue weighted by atomic mass is 19.1. The number of nitro groups is 1. The molecule has 0 heterocycles. The van der Waals surface area contributed by atoms with Gasteiger partial charge in [-0.15, -0.1) is 0 Å². The Balaban J connectivity index is 2.29. The summed E-state index contributed by atoms with van der Waals surface area (Å²) >= 11 is 0. The van der Waals surface area contributed by atoms with Crippen molar-refractivity contribution in [3.63, 3.8) is 0 Å². The first-order chi connectivity index (χ1) is 12.8. The monoisotopic (exact) mass is 377 g/mol. The quantitative estimate of drug-likeness (QED) is 0.316. The number of hydrogen-bond acceptors (Lipinski definition) is 7. The van der Waals surface area contributed by atoms with Crippen LogP contribution >= 0.6 is 0 Å². The fourth-order valence-electron chi connectivity index (χ4n) is 2.31. The lowest BCUT2D eigenvalue weighted by atomic mass is 10.1. The molecule has 0 unspecified atom stereocenters. The zero-order chi connectivity index (χ0) is 20.1. The average Bonchev–Trinajstić information content (AvgIpc) is 2.66. The molecular formula is C18H16FNO7. The van der Waals surface area contributed by atoms with Gasteiger partial charge >= 0.3 is 5.97 Å². The number of nitro benzene ring substituents is 1. The molecule has 142 valence electrons. The Morgan fingerprint density at radius 3 is 2.15 bits per heavy atom. The number of benzene rings is 2.